The highest BCUT2D eigenvalue weighted by atomic mass is 32.2. The second kappa shape index (κ2) is 5.70. The summed E-state index contributed by atoms with van der Waals surface area (Å²) in [5, 5.41) is 12.0. The van der Waals surface area contributed by atoms with Crippen molar-refractivity contribution in [1.29, 1.82) is 0 Å². The zero-order chi connectivity index (χ0) is 16.7. The average Bonchev–Trinajstić information content (AvgIpc) is 2.80. The monoisotopic (exact) mass is 349 g/mol. The van der Waals surface area contributed by atoms with Crippen LogP contribution >= 0.6 is 23.1 Å². The van der Waals surface area contributed by atoms with E-state index in [1.165, 1.54) is 15.9 Å². The van der Waals surface area contributed by atoms with E-state index in [0.29, 0.717) is 20.5 Å². The number of hydrogen-bond donors (Lipinski definition) is 0. The summed E-state index contributed by atoms with van der Waals surface area (Å²) < 4.78 is 1.44. The minimum absolute atomic E-state index is 0.124. The van der Waals surface area contributed by atoms with Crippen molar-refractivity contribution in [3.63, 3.8) is 0 Å². The first-order valence-corrected chi connectivity index (χ1v) is 8.12. The van der Waals surface area contributed by atoms with Gasteiger partial charge in [0.15, 0.2) is 10.3 Å². The molecule has 0 aliphatic rings. The lowest BCUT2D eigenvalue weighted by Crippen LogP contribution is -2.19. The van der Waals surface area contributed by atoms with E-state index in [1.807, 2.05) is 13.8 Å². The van der Waals surface area contributed by atoms with Crippen LogP contribution in [0.4, 0.5) is 5.69 Å². The number of thiophene rings is 1. The highest BCUT2D eigenvalue weighted by Crippen LogP contribution is 2.29. The van der Waals surface area contributed by atoms with Crippen molar-refractivity contribution in [3.8, 4) is 0 Å². The number of aromatic nitrogens is 4. The van der Waals surface area contributed by atoms with Gasteiger partial charge in [0.25, 0.3) is 5.56 Å². The number of rotatable bonds is 3. The van der Waals surface area contributed by atoms with Crippen LogP contribution in [-0.4, -0.2) is 24.4 Å². The van der Waals surface area contributed by atoms with Crippen LogP contribution in [0.3, 0.4) is 0 Å². The van der Waals surface area contributed by atoms with Gasteiger partial charge in [-0.25, -0.2) is 15.0 Å². The second-order valence-electron chi connectivity index (χ2n) is 4.80. The molecule has 3 rings (SSSR count). The van der Waals surface area contributed by atoms with Gasteiger partial charge in [-0.2, -0.15) is 0 Å². The Hall–Kier alpha value is -2.33. The van der Waals surface area contributed by atoms with Gasteiger partial charge in [0.1, 0.15) is 17.2 Å². The van der Waals surface area contributed by atoms with E-state index < -0.39 is 4.92 Å². The molecule has 0 radical (unpaired) electrons. The molecule has 0 amide bonds. The Kier molecular flexibility index (Phi) is 3.86. The molecule has 0 N–H and O–H groups in total. The molecule has 0 spiro atoms. The van der Waals surface area contributed by atoms with E-state index in [0.717, 1.165) is 34.6 Å². The van der Waals surface area contributed by atoms with Gasteiger partial charge in [-0.15, -0.1) is 11.3 Å². The molecule has 23 heavy (non-hydrogen) atoms. The number of fused-ring (bicyclic) bond motifs is 1. The number of nitro groups is 1. The van der Waals surface area contributed by atoms with Gasteiger partial charge in [0, 0.05) is 11.9 Å². The van der Waals surface area contributed by atoms with Crippen molar-refractivity contribution in [2.75, 3.05) is 0 Å². The van der Waals surface area contributed by atoms with Crippen LogP contribution in [0.1, 0.15) is 10.4 Å². The summed E-state index contributed by atoms with van der Waals surface area (Å²) in [6.45, 7) is 3.86. The third-order valence-corrected chi connectivity index (χ3v) is 5.42. The summed E-state index contributed by atoms with van der Waals surface area (Å²) >= 11 is 2.56. The van der Waals surface area contributed by atoms with E-state index in [-0.39, 0.29) is 11.2 Å². The topological polar surface area (TPSA) is 104 Å². The Morgan fingerprint density at radius 3 is 2.57 bits per heavy atom. The molecule has 3 aromatic rings. The lowest BCUT2D eigenvalue weighted by molar-refractivity contribution is -0.385. The molecule has 0 saturated carbocycles. The quantitative estimate of drug-likeness (QED) is 0.406. The maximum absolute atomic E-state index is 12.5. The predicted molar refractivity (Wildman–Crippen MR) is 87.1 cm³/mol. The van der Waals surface area contributed by atoms with E-state index in [4.69, 9.17) is 0 Å². The van der Waals surface area contributed by atoms with Crippen molar-refractivity contribution in [3.05, 3.63) is 43.3 Å². The number of hydrogen-bond acceptors (Lipinski definition) is 8. The Bertz CT molecular complexity index is 978. The molecule has 0 fully saturated rings. The smallest absolute Gasteiger partial charge is 0.290 e. The zero-order valence-electron chi connectivity index (χ0n) is 12.4. The second-order valence-corrected chi connectivity index (χ2v) is 6.94. The fraction of sp³-hybridized carbons (Fsp3) is 0.231. The minimum Gasteiger partial charge on any atom is -0.290 e. The molecule has 0 bridgehead atoms. The fourth-order valence-corrected chi connectivity index (χ4v) is 3.79. The van der Waals surface area contributed by atoms with Crippen LogP contribution < -0.4 is 5.56 Å². The summed E-state index contributed by atoms with van der Waals surface area (Å²) in [4.78, 5) is 36.6. The number of nitrogens with zero attached hydrogens (tertiary/aromatic N) is 5. The summed E-state index contributed by atoms with van der Waals surface area (Å²) in [5.74, 6) is 0. The predicted octanol–water partition coefficient (Wildman–Crippen LogP) is 2.46. The minimum atomic E-state index is -0.564. The molecule has 3 aromatic heterocycles. The molecular weight excluding hydrogens is 338 g/mol. The third kappa shape index (κ3) is 2.70. The fourth-order valence-electron chi connectivity index (χ4n) is 1.99. The highest BCUT2D eigenvalue weighted by Gasteiger charge is 2.16. The Morgan fingerprint density at radius 2 is 1.96 bits per heavy atom. The zero-order valence-corrected chi connectivity index (χ0v) is 14.1. The van der Waals surface area contributed by atoms with E-state index in [9.17, 15) is 14.9 Å². The largest absolute Gasteiger partial charge is 0.305 e. The molecule has 0 atom stereocenters. The SMILES string of the molecule is Cc1sc2nc(Sc3ncc([N+](=O)[O-])cn3)n(C)c(=O)c2c1C. The van der Waals surface area contributed by atoms with Crippen LogP contribution in [0.25, 0.3) is 10.2 Å². The molecule has 0 aromatic carbocycles. The lowest BCUT2D eigenvalue weighted by Gasteiger charge is -2.05. The molecule has 8 nitrogen and oxygen atoms in total. The third-order valence-electron chi connectivity index (χ3n) is 3.38. The van der Waals surface area contributed by atoms with Crippen LogP contribution in [-0.2, 0) is 7.05 Å². The van der Waals surface area contributed by atoms with Gasteiger partial charge in [0.2, 0.25) is 0 Å². The Balaban J connectivity index is 2.05. The van der Waals surface area contributed by atoms with Gasteiger partial charge < -0.3 is 0 Å². The summed E-state index contributed by atoms with van der Waals surface area (Å²) in [6.07, 6.45) is 2.26. The van der Waals surface area contributed by atoms with Crippen LogP contribution in [0.2, 0.25) is 0 Å². The normalized spacial score (nSPS) is 11.1. The Morgan fingerprint density at radius 1 is 1.30 bits per heavy atom. The first-order valence-electron chi connectivity index (χ1n) is 6.49. The lowest BCUT2D eigenvalue weighted by atomic mass is 10.2. The van der Waals surface area contributed by atoms with Crippen molar-refractivity contribution in [2.24, 2.45) is 7.05 Å². The van der Waals surface area contributed by atoms with Gasteiger partial charge in [0.05, 0.1) is 10.3 Å². The van der Waals surface area contributed by atoms with E-state index in [1.54, 1.807) is 7.05 Å². The van der Waals surface area contributed by atoms with Crippen molar-refractivity contribution in [2.45, 2.75) is 24.2 Å². The average molecular weight is 349 g/mol. The van der Waals surface area contributed by atoms with Crippen molar-refractivity contribution in [1.82, 2.24) is 19.5 Å². The molecule has 3 heterocycles. The summed E-state index contributed by atoms with van der Waals surface area (Å²) in [7, 11) is 1.63. The maximum Gasteiger partial charge on any atom is 0.305 e. The molecule has 0 saturated heterocycles. The first-order chi connectivity index (χ1) is 10.9. The highest BCUT2D eigenvalue weighted by molar-refractivity contribution is 7.99. The maximum atomic E-state index is 12.5. The van der Waals surface area contributed by atoms with Gasteiger partial charge in [-0.3, -0.25) is 19.5 Å². The molecule has 10 heteroatoms. The standard InChI is InChI=1S/C13H11N5O3S2/c1-6-7(2)22-10-9(6)11(19)17(3)13(16-10)23-12-14-4-8(5-15-12)18(20)21/h4-5H,1-3H3. The van der Waals surface area contributed by atoms with Gasteiger partial charge >= 0.3 is 5.69 Å². The molecule has 0 aliphatic carbocycles. The Labute approximate surface area is 138 Å². The van der Waals surface area contributed by atoms with Crippen LogP contribution in [0, 0.1) is 24.0 Å². The van der Waals surface area contributed by atoms with Crippen LogP contribution in [0.5, 0.6) is 0 Å². The number of aryl methyl sites for hydroxylation is 2. The summed E-state index contributed by atoms with van der Waals surface area (Å²) in [6, 6.07) is 0. The van der Waals surface area contributed by atoms with Gasteiger partial charge in [-0.1, -0.05) is 0 Å². The van der Waals surface area contributed by atoms with Crippen molar-refractivity contribution < 1.29 is 4.92 Å². The van der Waals surface area contributed by atoms with Gasteiger partial charge in [-0.05, 0) is 31.2 Å². The molecule has 0 unspecified atom stereocenters. The first kappa shape index (κ1) is 15.6. The molecule has 0 aliphatic heterocycles. The molecule has 118 valence electrons. The molecular formula is C13H11N5O3S2. The van der Waals surface area contributed by atoms with E-state index in [2.05, 4.69) is 15.0 Å². The summed E-state index contributed by atoms with van der Waals surface area (Å²) in [5.41, 5.74) is 0.638. The van der Waals surface area contributed by atoms with E-state index >= 15 is 0 Å². The van der Waals surface area contributed by atoms with Crippen LogP contribution in [0.15, 0.2) is 27.5 Å². The van der Waals surface area contributed by atoms with Crippen molar-refractivity contribution >= 4 is 39.0 Å².